The van der Waals surface area contributed by atoms with Crippen LogP contribution in [0.15, 0.2) is 57.9 Å². The summed E-state index contributed by atoms with van der Waals surface area (Å²) in [5, 5.41) is 4.46. The normalized spacial score (nSPS) is 17.9. The number of rotatable bonds is 5. The van der Waals surface area contributed by atoms with E-state index in [1.807, 2.05) is 24.3 Å². The largest absolute Gasteiger partial charge is 0.497 e. The molecule has 1 aliphatic rings. The molecule has 152 valence electrons. The van der Waals surface area contributed by atoms with Crippen LogP contribution in [0, 0.1) is 0 Å². The predicted molar refractivity (Wildman–Crippen MR) is 108 cm³/mol. The highest BCUT2D eigenvalue weighted by Crippen LogP contribution is 2.31. The molecule has 2 heterocycles. The summed E-state index contributed by atoms with van der Waals surface area (Å²) in [6, 6.07) is 13.7. The van der Waals surface area contributed by atoms with Gasteiger partial charge in [-0.1, -0.05) is 35.0 Å². The highest BCUT2D eigenvalue weighted by Gasteiger charge is 2.33. The van der Waals surface area contributed by atoms with E-state index in [1.165, 1.54) is 10.4 Å². The quantitative estimate of drug-likeness (QED) is 0.605. The Labute approximate surface area is 174 Å². The van der Waals surface area contributed by atoms with E-state index in [-0.39, 0.29) is 17.4 Å². The number of hydrogen-bond donors (Lipinski definition) is 0. The van der Waals surface area contributed by atoms with Gasteiger partial charge in [0.05, 0.1) is 17.9 Å². The first kappa shape index (κ1) is 19.9. The molecule has 2 aromatic carbocycles. The zero-order chi connectivity index (χ0) is 20.4. The second-order valence-corrected chi connectivity index (χ2v) is 9.22. The topological polar surface area (TPSA) is 85.5 Å². The van der Waals surface area contributed by atoms with Crippen LogP contribution < -0.4 is 4.74 Å². The zero-order valence-electron chi connectivity index (χ0n) is 15.8. The highest BCUT2D eigenvalue weighted by molar-refractivity contribution is 7.89. The van der Waals surface area contributed by atoms with Gasteiger partial charge in [0.25, 0.3) is 0 Å². The average molecular weight is 434 g/mol. The van der Waals surface area contributed by atoms with Gasteiger partial charge in [-0.05, 0) is 43.2 Å². The molecular weight excluding hydrogens is 414 g/mol. The third kappa shape index (κ3) is 4.14. The average Bonchev–Trinajstić information content (AvgIpc) is 3.24. The van der Waals surface area contributed by atoms with Crippen molar-refractivity contribution in [2.75, 3.05) is 20.2 Å². The van der Waals surface area contributed by atoms with Crippen molar-refractivity contribution in [1.82, 2.24) is 14.4 Å². The van der Waals surface area contributed by atoms with Crippen LogP contribution in [0.3, 0.4) is 0 Å². The summed E-state index contributed by atoms with van der Waals surface area (Å²) < 4.78 is 38.2. The molecular formula is C20H20ClN3O4S. The number of benzene rings is 2. The summed E-state index contributed by atoms with van der Waals surface area (Å²) in [5.74, 6) is 1.43. The highest BCUT2D eigenvalue weighted by atomic mass is 35.5. The van der Waals surface area contributed by atoms with Crippen molar-refractivity contribution >= 4 is 21.6 Å². The van der Waals surface area contributed by atoms with E-state index < -0.39 is 10.0 Å². The Balaban J connectivity index is 1.55. The monoisotopic (exact) mass is 433 g/mol. The van der Waals surface area contributed by atoms with Crippen LogP contribution >= 0.6 is 11.6 Å². The summed E-state index contributed by atoms with van der Waals surface area (Å²) in [4.78, 5) is 4.70. The van der Waals surface area contributed by atoms with Crippen molar-refractivity contribution in [1.29, 1.82) is 0 Å². The van der Waals surface area contributed by atoms with Gasteiger partial charge in [-0.2, -0.15) is 9.29 Å². The molecule has 0 unspecified atom stereocenters. The molecule has 29 heavy (non-hydrogen) atoms. The lowest BCUT2D eigenvalue weighted by Crippen LogP contribution is -2.39. The van der Waals surface area contributed by atoms with E-state index in [4.69, 9.17) is 20.9 Å². The first-order chi connectivity index (χ1) is 14.0. The van der Waals surface area contributed by atoms with Crippen LogP contribution in [0.2, 0.25) is 5.02 Å². The van der Waals surface area contributed by atoms with E-state index in [0.717, 1.165) is 12.0 Å². The predicted octanol–water partition coefficient (Wildman–Crippen LogP) is 3.97. The Morgan fingerprint density at radius 2 is 2.03 bits per heavy atom. The molecule has 1 aliphatic heterocycles. The second-order valence-electron chi connectivity index (χ2n) is 6.85. The molecule has 0 aliphatic carbocycles. The molecule has 1 saturated heterocycles. The fraction of sp³-hybridized carbons (Fsp3) is 0.300. The van der Waals surface area contributed by atoms with Gasteiger partial charge in [0, 0.05) is 23.7 Å². The number of halogens is 1. The van der Waals surface area contributed by atoms with Gasteiger partial charge in [-0.25, -0.2) is 8.42 Å². The van der Waals surface area contributed by atoms with Crippen molar-refractivity contribution in [3.8, 4) is 17.1 Å². The van der Waals surface area contributed by atoms with Crippen molar-refractivity contribution in [2.24, 2.45) is 0 Å². The maximum absolute atomic E-state index is 13.0. The van der Waals surface area contributed by atoms with E-state index in [9.17, 15) is 8.42 Å². The van der Waals surface area contributed by atoms with E-state index in [1.54, 1.807) is 25.3 Å². The van der Waals surface area contributed by atoms with Crippen LogP contribution in [0.1, 0.15) is 24.7 Å². The van der Waals surface area contributed by atoms with Gasteiger partial charge in [0.15, 0.2) is 0 Å². The van der Waals surface area contributed by atoms with Crippen molar-refractivity contribution < 1.29 is 17.7 Å². The third-order valence-corrected chi connectivity index (χ3v) is 7.03. The molecule has 0 saturated carbocycles. The molecule has 9 heteroatoms. The fourth-order valence-electron chi connectivity index (χ4n) is 3.42. The minimum atomic E-state index is -3.64. The van der Waals surface area contributed by atoms with Gasteiger partial charge in [0.2, 0.25) is 21.7 Å². The summed E-state index contributed by atoms with van der Waals surface area (Å²) in [6.07, 6.45) is 1.49. The molecule has 1 fully saturated rings. The second kappa shape index (κ2) is 8.14. The van der Waals surface area contributed by atoms with Crippen LogP contribution in [0.5, 0.6) is 5.75 Å². The Kier molecular flexibility index (Phi) is 5.58. The maximum Gasteiger partial charge on any atom is 0.243 e. The molecule has 3 aromatic rings. The summed E-state index contributed by atoms with van der Waals surface area (Å²) >= 11 is 5.97. The van der Waals surface area contributed by atoms with Gasteiger partial charge in [0.1, 0.15) is 5.75 Å². The van der Waals surface area contributed by atoms with Crippen molar-refractivity contribution in [2.45, 2.75) is 23.7 Å². The molecule has 1 aromatic heterocycles. The molecule has 7 nitrogen and oxygen atoms in total. The van der Waals surface area contributed by atoms with Crippen LogP contribution in [0.25, 0.3) is 11.4 Å². The number of piperidine rings is 1. The van der Waals surface area contributed by atoms with Gasteiger partial charge < -0.3 is 9.26 Å². The number of methoxy groups -OCH3 is 1. The lowest BCUT2D eigenvalue weighted by atomic mass is 10.00. The zero-order valence-corrected chi connectivity index (χ0v) is 17.4. The number of hydrogen-bond acceptors (Lipinski definition) is 6. The van der Waals surface area contributed by atoms with Crippen LogP contribution in [-0.2, 0) is 10.0 Å². The van der Waals surface area contributed by atoms with E-state index in [2.05, 4.69) is 10.1 Å². The Morgan fingerprint density at radius 3 is 2.83 bits per heavy atom. The molecule has 0 spiro atoms. The van der Waals surface area contributed by atoms with Gasteiger partial charge in [-0.15, -0.1) is 0 Å². The minimum absolute atomic E-state index is 0.162. The summed E-state index contributed by atoms with van der Waals surface area (Å²) in [6.45, 7) is 0.733. The van der Waals surface area contributed by atoms with E-state index >= 15 is 0 Å². The number of nitrogens with zero attached hydrogens (tertiary/aromatic N) is 3. The standard InChI is InChI=1S/C20H20ClN3O4S/c1-27-17-8-2-5-14(11-17)19-22-20(28-23-19)15-6-4-10-24(13-15)29(25,26)18-9-3-7-16(21)12-18/h2-3,5,7-9,11-12,15H,4,6,10,13H2,1H3/t15-/m1/s1. The molecule has 1 atom stereocenters. The van der Waals surface area contributed by atoms with Crippen molar-refractivity contribution in [3.05, 3.63) is 59.4 Å². The molecule has 0 bridgehead atoms. The van der Waals surface area contributed by atoms with Gasteiger partial charge in [-0.3, -0.25) is 0 Å². The molecule has 4 rings (SSSR count). The Bertz CT molecular complexity index is 1120. The SMILES string of the molecule is COc1cccc(-c2noc([C@@H]3CCCN(S(=O)(=O)c4cccc(Cl)c4)C3)n2)c1. The van der Waals surface area contributed by atoms with E-state index in [0.29, 0.717) is 35.5 Å². The third-order valence-electron chi connectivity index (χ3n) is 4.94. The maximum atomic E-state index is 13.0. The Morgan fingerprint density at radius 1 is 1.21 bits per heavy atom. The van der Waals surface area contributed by atoms with Gasteiger partial charge >= 0.3 is 0 Å². The summed E-state index contributed by atoms with van der Waals surface area (Å²) in [5.41, 5.74) is 0.776. The smallest absolute Gasteiger partial charge is 0.243 e. The first-order valence-corrected chi connectivity index (χ1v) is 11.0. The number of ether oxygens (including phenoxy) is 1. The molecule has 0 amide bonds. The molecule has 0 N–H and O–H groups in total. The van der Waals surface area contributed by atoms with Crippen molar-refractivity contribution in [3.63, 3.8) is 0 Å². The lowest BCUT2D eigenvalue weighted by molar-refractivity contribution is 0.265. The first-order valence-electron chi connectivity index (χ1n) is 9.21. The van der Waals surface area contributed by atoms with Crippen LogP contribution in [-0.4, -0.2) is 43.1 Å². The number of sulfonamides is 1. The lowest BCUT2D eigenvalue weighted by Gasteiger charge is -2.30. The number of aromatic nitrogens is 2. The van der Waals surface area contributed by atoms with Crippen LogP contribution in [0.4, 0.5) is 0 Å². The Hall–Kier alpha value is -2.42. The fourth-order valence-corrected chi connectivity index (χ4v) is 5.24. The summed E-state index contributed by atoms with van der Waals surface area (Å²) in [7, 11) is -2.04. The molecule has 0 radical (unpaired) electrons. The minimum Gasteiger partial charge on any atom is -0.497 e.